The number of ketones is 1. The van der Waals surface area contributed by atoms with Crippen molar-refractivity contribution in [3.05, 3.63) is 29.8 Å². The second-order valence-electron chi connectivity index (χ2n) is 4.60. The second kappa shape index (κ2) is 5.01. The minimum Gasteiger partial charge on any atom is -0.325 e. The van der Waals surface area contributed by atoms with Crippen LogP contribution < -0.4 is 5.32 Å². The Kier molecular flexibility index (Phi) is 3.42. The van der Waals surface area contributed by atoms with E-state index in [0.717, 1.165) is 18.4 Å². The Morgan fingerprint density at radius 3 is 2.72 bits per heavy atom. The van der Waals surface area contributed by atoms with Gasteiger partial charge >= 0.3 is 0 Å². The van der Waals surface area contributed by atoms with Gasteiger partial charge in [0.05, 0.1) is 6.07 Å². The van der Waals surface area contributed by atoms with Crippen LogP contribution >= 0.6 is 0 Å². The molecule has 1 atom stereocenters. The van der Waals surface area contributed by atoms with Gasteiger partial charge in [-0.25, -0.2) is 0 Å². The smallest absolute Gasteiger partial charge is 0.249 e. The van der Waals surface area contributed by atoms with Gasteiger partial charge in [0.1, 0.15) is 0 Å². The molecule has 1 aliphatic rings. The van der Waals surface area contributed by atoms with Gasteiger partial charge in [0, 0.05) is 11.6 Å². The Balaban J connectivity index is 2.06. The van der Waals surface area contributed by atoms with Crippen molar-refractivity contribution in [2.45, 2.75) is 19.8 Å². The third kappa shape index (κ3) is 2.75. The largest absolute Gasteiger partial charge is 0.325 e. The van der Waals surface area contributed by atoms with Crippen molar-refractivity contribution < 1.29 is 9.59 Å². The number of rotatable bonds is 4. The van der Waals surface area contributed by atoms with Gasteiger partial charge in [-0.05, 0) is 37.5 Å². The fourth-order valence-electron chi connectivity index (χ4n) is 1.79. The quantitative estimate of drug-likeness (QED) is 0.821. The molecule has 1 aromatic rings. The van der Waals surface area contributed by atoms with Crippen molar-refractivity contribution in [1.82, 2.24) is 0 Å². The van der Waals surface area contributed by atoms with Gasteiger partial charge in [-0.15, -0.1) is 0 Å². The topological polar surface area (TPSA) is 70.0 Å². The molecule has 0 aliphatic heterocycles. The van der Waals surface area contributed by atoms with Gasteiger partial charge < -0.3 is 5.32 Å². The highest BCUT2D eigenvalue weighted by atomic mass is 16.2. The van der Waals surface area contributed by atoms with Crippen molar-refractivity contribution in [3.63, 3.8) is 0 Å². The molecule has 0 radical (unpaired) electrons. The normalized spacial score (nSPS) is 15.6. The first-order chi connectivity index (χ1) is 8.61. The van der Waals surface area contributed by atoms with Crippen LogP contribution in [-0.4, -0.2) is 11.7 Å². The molecule has 0 heterocycles. The molecule has 18 heavy (non-hydrogen) atoms. The first-order valence-corrected chi connectivity index (χ1v) is 5.92. The van der Waals surface area contributed by atoms with E-state index in [-0.39, 0.29) is 11.7 Å². The van der Waals surface area contributed by atoms with Crippen molar-refractivity contribution in [3.8, 4) is 6.07 Å². The Bertz CT molecular complexity index is 527. The molecule has 1 aromatic carbocycles. The summed E-state index contributed by atoms with van der Waals surface area (Å²) in [7, 11) is 0. The molecule has 4 heteroatoms. The summed E-state index contributed by atoms with van der Waals surface area (Å²) >= 11 is 0. The number of benzene rings is 1. The zero-order valence-electron chi connectivity index (χ0n) is 10.1. The molecular formula is C14H14N2O2. The van der Waals surface area contributed by atoms with Crippen LogP contribution in [0.4, 0.5) is 5.69 Å². The summed E-state index contributed by atoms with van der Waals surface area (Å²) in [6, 6.07) is 9.06. The molecule has 1 fully saturated rings. The van der Waals surface area contributed by atoms with Crippen LogP contribution in [-0.2, 0) is 9.59 Å². The first kappa shape index (κ1) is 12.3. The molecule has 0 bridgehead atoms. The minimum atomic E-state index is -1.18. The highest BCUT2D eigenvalue weighted by Gasteiger charge is 2.38. The zero-order chi connectivity index (χ0) is 13.1. The van der Waals surface area contributed by atoms with E-state index in [1.165, 1.54) is 0 Å². The van der Waals surface area contributed by atoms with Crippen molar-refractivity contribution in [2.75, 3.05) is 5.32 Å². The van der Waals surface area contributed by atoms with Crippen molar-refractivity contribution in [1.29, 1.82) is 5.26 Å². The van der Waals surface area contributed by atoms with E-state index in [0.29, 0.717) is 5.69 Å². The molecule has 0 unspecified atom stereocenters. The van der Waals surface area contributed by atoms with E-state index < -0.39 is 11.8 Å². The lowest BCUT2D eigenvalue weighted by atomic mass is 10.0. The molecule has 1 N–H and O–H groups in total. The van der Waals surface area contributed by atoms with Gasteiger partial charge in [-0.3, -0.25) is 9.59 Å². The van der Waals surface area contributed by atoms with E-state index >= 15 is 0 Å². The number of nitrogens with one attached hydrogen (secondary N) is 1. The number of amides is 1. The molecule has 1 aliphatic carbocycles. The van der Waals surface area contributed by atoms with Crippen LogP contribution in [0.15, 0.2) is 24.3 Å². The van der Waals surface area contributed by atoms with E-state index in [2.05, 4.69) is 5.32 Å². The van der Waals surface area contributed by atoms with Crippen LogP contribution in [0.5, 0.6) is 0 Å². The predicted molar refractivity (Wildman–Crippen MR) is 66.6 cm³/mol. The summed E-state index contributed by atoms with van der Waals surface area (Å²) in [5.41, 5.74) is 1.62. The minimum absolute atomic E-state index is 0.0853. The Labute approximate surface area is 106 Å². The average Bonchev–Trinajstić information content (AvgIpc) is 3.13. The maximum atomic E-state index is 11.9. The standard InChI is InChI=1S/C14H14N2O2/c1-9-3-2-4-11(7-9)16-14(18)12(8-15)13(17)10-5-6-10/h2-4,7,10,12H,5-6H2,1H3,(H,16,18)/t12-/m1/s1. The van der Waals surface area contributed by atoms with Gasteiger partial charge in [0.15, 0.2) is 11.7 Å². The fraction of sp³-hybridized carbons (Fsp3) is 0.357. The maximum Gasteiger partial charge on any atom is 0.249 e. The van der Waals surface area contributed by atoms with Crippen LogP contribution in [0.2, 0.25) is 0 Å². The summed E-state index contributed by atoms with van der Waals surface area (Å²) in [6.07, 6.45) is 1.60. The summed E-state index contributed by atoms with van der Waals surface area (Å²) in [4.78, 5) is 23.6. The van der Waals surface area contributed by atoms with E-state index in [9.17, 15) is 9.59 Å². The molecule has 0 aromatic heterocycles. The predicted octanol–water partition coefficient (Wildman–Crippen LogP) is 2.05. The van der Waals surface area contributed by atoms with Crippen LogP contribution in [0.3, 0.4) is 0 Å². The molecule has 92 valence electrons. The number of Topliss-reactive ketones (excluding diaryl/α,β-unsaturated/α-hetero) is 1. The molecule has 0 saturated heterocycles. The number of hydrogen-bond acceptors (Lipinski definition) is 3. The Morgan fingerprint density at radius 1 is 1.44 bits per heavy atom. The monoisotopic (exact) mass is 242 g/mol. The second-order valence-corrected chi connectivity index (χ2v) is 4.60. The maximum absolute atomic E-state index is 11.9. The fourth-order valence-corrected chi connectivity index (χ4v) is 1.79. The lowest BCUT2D eigenvalue weighted by molar-refractivity contribution is -0.129. The number of aryl methyl sites for hydroxylation is 1. The third-order valence-electron chi connectivity index (χ3n) is 2.94. The Hall–Kier alpha value is -2.15. The van der Waals surface area contributed by atoms with Crippen molar-refractivity contribution in [2.24, 2.45) is 11.8 Å². The molecule has 1 amide bonds. The van der Waals surface area contributed by atoms with Gasteiger partial charge in [-0.1, -0.05) is 12.1 Å². The van der Waals surface area contributed by atoms with E-state index in [1.54, 1.807) is 18.2 Å². The first-order valence-electron chi connectivity index (χ1n) is 5.92. The third-order valence-corrected chi connectivity index (χ3v) is 2.94. The van der Waals surface area contributed by atoms with Gasteiger partial charge in [0.25, 0.3) is 0 Å². The van der Waals surface area contributed by atoms with Crippen molar-refractivity contribution >= 4 is 17.4 Å². The number of hydrogen-bond donors (Lipinski definition) is 1. The number of carbonyl (C=O) groups excluding carboxylic acids is 2. The van der Waals surface area contributed by atoms with E-state index in [1.807, 2.05) is 19.1 Å². The lowest BCUT2D eigenvalue weighted by Crippen LogP contribution is -2.29. The van der Waals surface area contributed by atoms with Gasteiger partial charge in [0.2, 0.25) is 5.91 Å². The number of nitriles is 1. The SMILES string of the molecule is Cc1cccc(NC(=O)[C@H](C#N)C(=O)C2CC2)c1. The van der Waals surface area contributed by atoms with Gasteiger partial charge in [-0.2, -0.15) is 5.26 Å². The van der Waals surface area contributed by atoms with E-state index in [4.69, 9.17) is 5.26 Å². The van der Waals surface area contributed by atoms with Crippen LogP contribution in [0.1, 0.15) is 18.4 Å². The molecule has 0 spiro atoms. The summed E-state index contributed by atoms with van der Waals surface area (Å²) in [5, 5.41) is 11.6. The highest BCUT2D eigenvalue weighted by molar-refractivity contribution is 6.10. The zero-order valence-corrected chi connectivity index (χ0v) is 10.1. The number of carbonyl (C=O) groups is 2. The highest BCUT2D eigenvalue weighted by Crippen LogP contribution is 2.32. The average molecular weight is 242 g/mol. The summed E-state index contributed by atoms with van der Waals surface area (Å²) in [5.74, 6) is -2.04. The molecule has 4 nitrogen and oxygen atoms in total. The lowest BCUT2D eigenvalue weighted by Gasteiger charge is -2.09. The molecular weight excluding hydrogens is 228 g/mol. The van der Waals surface area contributed by atoms with Crippen LogP contribution in [0.25, 0.3) is 0 Å². The number of nitrogens with zero attached hydrogens (tertiary/aromatic N) is 1. The van der Waals surface area contributed by atoms with Crippen LogP contribution in [0, 0.1) is 30.1 Å². The summed E-state index contributed by atoms with van der Waals surface area (Å²) in [6.45, 7) is 1.91. The molecule has 2 rings (SSSR count). The number of anilines is 1. The Morgan fingerprint density at radius 2 is 2.17 bits per heavy atom. The summed E-state index contributed by atoms with van der Waals surface area (Å²) < 4.78 is 0. The molecule has 1 saturated carbocycles.